The first-order valence-electron chi connectivity index (χ1n) is 8.62. The van der Waals surface area contributed by atoms with Gasteiger partial charge in [0.05, 0.1) is 0 Å². The zero-order chi connectivity index (χ0) is 17.9. The first kappa shape index (κ1) is 19.3. The summed E-state index contributed by atoms with van der Waals surface area (Å²) in [5, 5.41) is 3.63. The van der Waals surface area contributed by atoms with Gasteiger partial charge >= 0.3 is 6.09 Å². The molecular weight excluding hydrogens is 368 g/mol. The van der Waals surface area contributed by atoms with Gasteiger partial charge in [0.25, 0.3) is 0 Å². The molecule has 1 aliphatic heterocycles. The fourth-order valence-electron chi connectivity index (χ4n) is 2.99. The molecule has 0 spiro atoms. The van der Waals surface area contributed by atoms with Crippen molar-refractivity contribution in [3.8, 4) is 0 Å². The predicted octanol–water partition coefficient (Wildman–Crippen LogP) is 4.56. The lowest BCUT2D eigenvalue weighted by Crippen LogP contribution is -2.46. The van der Waals surface area contributed by atoms with E-state index in [4.69, 9.17) is 4.74 Å². The van der Waals surface area contributed by atoms with Gasteiger partial charge < -0.3 is 15.0 Å². The number of carbonyl (C=O) groups excluding carboxylic acids is 1. The predicted molar refractivity (Wildman–Crippen MR) is 101 cm³/mol. The molecule has 4 nitrogen and oxygen atoms in total. The van der Waals surface area contributed by atoms with Crippen molar-refractivity contribution in [3.05, 3.63) is 33.3 Å². The van der Waals surface area contributed by atoms with Gasteiger partial charge in [-0.2, -0.15) is 0 Å². The number of amides is 1. The molecule has 0 bridgehead atoms. The lowest BCUT2D eigenvalue weighted by molar-refractivity contribution is 0.0198. The first-order valence-corrected chi connectivity index (χ1v) is 9.42. The minimum Gasteiger partial charge on any atom is -0.444 e. The van der Waals surface area contributed by atoms with Crippen LogP contribution in [0.1, 0.15) is 50.3 Å². The lowest BCUT2D eigenvalue weighted by Gasteiger charge is -2.33. The van der Waals surface area contributed by atoms with Crippen molar-refractivity contribution in [1.82, 2.24) is 10.2 Å². The quantitative estimate of drug-likeness (QED) is 0.813. The fraction of sp³-hybridized carbons (Fsp3) is 0.632. The Balaban J connectivity index is 1.80. The van der Waals surface area contributed by atoms with Gasteiger partial charge in [0.15, 0.2) is 0 Å². The minimum absolute atomic E-state index is 0.194. The molecule has 1 saturated heterocycles. The van der Waals surface area contributed by atoms with Crippen molar-refractivity contribution in [3.63, 3.8) is 0 Å². The number of nitrogens with zero attached hydrogens (tertiary/aromatic N) is 1. The molecule has 134 valence electrons. The molecule has 1 aliphatic rings. The van der Waals surface area contributed by atoms with Gasteiger partial charge in [-0.15, -0.1) is 0 Å². The van der Waals surface area contributed by atoms with E-state index in [9.17, 15) is 4.79 Å². The molecule has 0 radical (unpaired) electrons. The second-order valence-corrected chi connectivity index (χ2v) is 8.46. The van der Waals surface area contributed by atoms with Crippen LogP contribution in [-0.4, -0.2) is 35.7 Å². The number of rotatable bonds is 3. The molecule has 1 fully saturated rings. The van der Waals surface area contributed by atoms with Gasteiger partial charge in [-0.1, -0.05) is 28.1 Å². The van der Waals surface area contributed by atoms with Crippen molar-refractivity contribution in [2.45, 2.75) is 65.6 Å². The van der Waals surface area contributed by atoms with E-state index < -0.39 is 5.60 Å². The number of ether oxygens (including phenoxy) is 1. The highest BCUT2D eigenvalue weighted by Gasteiger charge is 2.26. The van der Waals surface area contributed by atoms with E-state index in [-0.39, 0.29) is 6.09 Å². The SMILES string of the molecule is Cc1cc(CNC2CCN(C(=O)OC(C)(C)C)CC2)cc(C)c1Br. The highest BCUT2D eigenvalue weighted by atomic mass is 79.9. The molecule has 0 unspecified atom stereocenters. The Morgan fingerprint density at radius 1 is 1.25 bits per heavy atom. The molecule has 0 aromatic heterocycles. The van der Waals surface area contributed by atoms with Crippen LogP contribution in [0.4, 0.5) is 4.79 Å². The summed E-state index contributed by atoms with van der Waals surface area (Å²) in [7, 11) is 0. The second kappa shape index (κ2) is 7.87. The molecular formula is C19H29BrN2O2. The summed E-state index contributed by atoms with van der Waals surface area (Å²) < 4.78 is 6.63. The van der Waals surface area contributed by atoms with E-state index in [0.717, 1.165) is 32.5 Å². The molecule has 24 heavy (non-hydrogen) atoms. The van der Waals surface area contributed by atoms with Crippen LogP contribution in [0.2, 0.25) is 0 Å². The first-order chi connectivity index (χ1) is 11.2. The number of piperidine rings is 1. The third kappa shape index (κ3) is 5.49. The van der Waals surface area contributed by atoms with Crippen molar-refractivity contribution in [2.24, 2.45) is 0 Å². The largest absolute Gasteiger partial charge is 0.444 e. The van der Waals surface area contributed by atoms with Crippen LogP contribution < -0.4 is 5.32 Å². The summed E-state index contributed by atoms with van der Waals surface area (Å²) >= 11 is 3.61. The second-order valence-electron chi connectivity index (χ2n) is 7.67. The standard InChI is InChI=1S/C19H29BrN2O2/c1-13-10-15(11-14(2)17(13)20)12-21-16-6-8-22(9-7-16)18(23)24-19(3,4)5/h10-11,16,21H,6-9,12H2,1-5H3. The van der Waals surface area contributed by atoms with Crippen LogP contribution in [0.5, 0.6) is 0 Å². The highest BCUT2D eigenvalue weighted by Crippen LogP contribution is 2.23. The van der Waals surface area contributed by atoms with Crippen LogP contribution in [0.25, 0.3) is 0 Å². The Labute approximate surface area is 154 Å². The van der Waals surface area contributed by atoms with E-state index >= 15 is 0 Å². The third-order valence-electron chi connectivity index (χ3n) is 4.24. The number of benzene rings is 1. The van der Waals surface area contributed by atoms with E-state index in [1.807, 2.05) is 25.7 Å². The zero-order valence-corrected chi connectivity index (χ0v) is 17.0. The summed E-state index contributed by atoms with van der Waals surface area (Å²) in [5.41, 5.74) is 3.42. The number of carbonyl (C=O) groups is 1. The maximum absolute atomic E-state index is 12.1. The van der Waals surface area contributed by atoms with Crippen molar-refractivity contribution >= 4 is 22.0 Å². The summed E-state index contributed by atoms with van der Waals surface area (Å²) in [4.78, 5) is 13.9. The molecule has 5 heteroatoms. The van der Waals surface area contributed by atoms with Crippen molar-refractivity contribution in [2.75, 3.05) is 13.1 Å². The van der Waals surface area contributed by atoms with Crippen molar-refractivity contribution < 1.29 is 9.53 Å². The summed E-state index contributed by atoms with van der Waals surface area (Å²) in [6.45, 7) is 12.3. The molecule has 1 aromatic carbocycles. The highest BCUT2D eigenvalue weighted by molar-refractivity contribution is 9.10. The number of hydrogen-bond acceptors (Lipinski definition) is 3. The molecule has 1 heterocycles. The van der Waals surface area contributed by atoms with Gasteiger partial charge in [-0.05, 0) is 64.2 Å². The Morgan fingerprint density at radius 2 is 1.79 bits per heavy atom. The topological polar surface area (TPSA) is 41.6 Å². The smallest absolute Gasteiger partial charge is 0.410 e. The van der Waals surface area contributed by atoms with E-state index in [1.54, 1.807) is 0 Å². The minimum atomic E-state index is -0.427. The number of hydrogen-bond donors (Lipinski definition) is 1. The Hall–Kier alpha value is -1.07. The number of aryl methyl sites for hydroxylation is 2. The molecule has 1 amide bonds. The zero-order valence-electron chi connectivity index (χ0n) is 15.4. The van der Waals surface area contributed by atoms with Crippen LogP contribution >= 0.6 is 15.9 Å². The monoisotopic (exact) mass is 396 g/mol. The van der Waals surface area contributed by atoms with Crippen molar-refractivity contribution in [1.29, 1.82) is 0 Å². The molecule has 0 atom stereocenters. The molecule has 0 saturated carbocycles. The summed E-state index contributed by atoms with van der Waals surface area (Å²) in [6, 6.07) is 4.90. The lowest BCUT2D eigenvalue weighted by atomic mass is 10.0. The Morgan fingerprint density at radius 3 is 2.29 bits per heavy atom. The Bertz CT molecular complexity index is 565. The normalized spacial score (nSPS) is 16.3. The number of nitrogens with one attached hydrogen (secondary N) is 1. The van der Waals surface area contributed by atoms with Gasteiger partial charge in [-0.3, -0.25) is 0 Å². The number of halogens is 1. The van der Waals surface area contributed by atoms with E-state index in [2.05, 4.69) is 47.2 Å². The van der Waals surface area contributed by atoms with E-state index in [1.165, 1.54) is 21.2 Å². The third-order valence-corrected chi connectivity index (χ3v) is 5.49. The van der Waals surface area contributed by atoms with Crippen LogP contribution in [0, 0.1) is 13.8 Å². The molecule has 1 N–H and O–H groups in total. The average molecular weight is 397 g/mol. The Kier molecular flexibility index (Phi) is 6.32. The van der Waals surface area contributed by atoms with Crippen LogP contribution in [-0.2, 0) is 11.3 Å². The van der Waals surface area contributed by atoms with E-state index in [0.29, 0.717) is 6.04 Å². The molecule has 2 rings (SSSR count). The molecule has 0 aliphatic carbocycles. The number of likely N-dealkylation sites (tertiary alicyclic amines) is 1. The summed E-state index contributed by atoms with van der Waals surface area (Å²) in [6.07, 6.45) is 1.74. The molecule has 1 aromatic rings. The van der Waals surface area contributed by atoms with Gasteiger partial charge in [0.2, 0.25) is 0 Å². The van der Waals surface area contributed by atoms with Gasteiger partial charge in [0, 0.05) is 30.1 Å². The van der Waals surface area contributed by atoms with Gasteiger partial charge in [-0.25, -0.2) is 4.79 Å². The maximum Gasteiger partial charge on any atom is 0.410 e. The fourth-order valence-corrected chi connectivity index (χ4v) is 3.22. The van der Waals surface area contributed by atoms with Gasteiger partial charge in [0.1, 0.15) is 5.60 Å². The summed E-state index contributed by atoms with van der Waals surface area (Å²) in [5.74, 6) is 0. The average Bonchev–Trinajstić information content (AvgIpc) is 2.49. The van der Waals surface area contributed by atoms with Crippen LogP contribution in [0.3, 0.4) is 0 Å². The maximum atomic E-state index is 12.1. The van der Waals surface area contributed by atoms with Crippen LogP contribution in [0.15, 0.2) is 16.6 Å².